The molecule has 0 spiro atoms. The number of halogens is 1. The van der Waals surface area contributed by atoms with Crippen LogP contribution in [0.1, 0.15) is 54.7 Å². The number of anilines is 2. The van der Waals surface area contributed by atoms with Gasteiger partial charge in [0.05, 0.1) is 11.0 Å². The van der Waals surface area contributed by atoms with Gasteiger partial charge in [0, 0.05) is 54.7 Å². The first-order valence-corrected chi connectivity index (χ1v) is 13.6. The average molecular weight is 533 g/mol. The van der Waals surface area contributed by atoms with Gasteiger partial charge in [-0.25, -0.2) is 9.97 Å². The summed E-state index contributed by atoms with van der Waals surface area (Å²) in [6.07, 6.45) is 9.94. The number of imidazole rings is 2. The monoisotopic (exact) mass is 532 g/mol. The molecule has 1 N–H and O–H groups in total. The molecule has 1 saturated carbocycles. The van der Waals surface area contributed by atoms with Crippen LogP contribution in [0.5, 0.6) is 0 Å². The Hall–Kier alpha value is -3.65. The number of amides is 2. The van der Waals surface area contributed by atoms with Crippen LogP contribution >= 0.6 is 11.6 Å². The summed E-state index contributed by atoms with van der Waals surface area (Å²) >= 11 is 6.00. The molecule has 0 atom stereocenters. The van der Waals surface area contributed by atoms with Crippen LogP contribution in [-0.4, -0.2) is 38.0 Å². The molecule has 1 fully saturated rings. The first-order chi connectivity index (χ1) is 18.4. The van der Waals surface area contributed by atoms with Crippen molar-refractivity contribution in [1.29, 1.82) is 0 Å². The van der Waals surface area contributed by atoms with Gasteiger partial charge in [-0.2, -0.15) is 0 Å². The third-order valence-electron chi connectivity index (χ3n) is 7.44. The standard InChI is InChI=1S/C29H33ClN6O2/c1-20-31-15-18-35(20)16-6-17-36-26-14-13-24(34(2)28(38)22-7-4-3-5-8-22)19-25(26)32-29(36)33-27(37)21-9-11-23(30)12-10-21/h9-15,18-19,22H,3-8,16-17H2,1-2H3,(H,32,33,37). The first-order valence-electron chi connectivity index (χ1n) is 13.2. The number of aromatic nitrogens is 4. The van der Waals surface area contributed by atoms with E-state index in [2.05, 4.69) is 14.9 Å². The molecule has 2 aromatic carbocycles. The van der Waals surface area contributed by atoms with Crippen LogP contribution in [0.4, 0.5) is 11.6 Å². The Morgan fingerprint density at radius 2 is 1.84 bits per heavy atom. The maximum Gasteiger partial charge on any atom is 0.257 e. The second kappa shape index (κ2) is 11.4. The number of carbonyl (C=O) groups is 2. The quantitative estimate of drug-likeness (QED) is 0.298. The van der Waals surface area contributed by atoms with Gasteiger partial charge in [0.1, 0.15) is 5.82 Å². The van der Waals surface area contributed by atoms with Crippen LogP contribution < -0.4 is 10.2 Å². The number of aryl methyl sites for hydroxylation is 3. The number of rotatable bonds is 8. The number of fused-ring (bicyclic) bond motifs is 1. The third-order valence-corrected chi connectivity index (χ3v) is 7.69. The molecule has 4 aromatic rings. The number of nitrogens with zero attached hydrogens (tertiary/aromatic N) is 5. The molecule has 198 valence electrons. The maximum atomic E-state index is 13.1. The predicted molar refractivity (Wildman–Crippen MR) is 151 cm³/mol. The molecule has 0 unspecified atom stereocenters. The van der Waals surface area contributed by atoms with Crippen molar-refractivity contribution in [1.82, 2.24) is 19.1 Å². The fourth-order valence-corrected chi connectivity index (χ4v) is 5.34. The fourth-order valence-electron chi connectivity index (χ4n) is 5.21. The number of hydrogen-bond acceptors (Lipinski definition) is 4. The SMILES string of the molecule is Cc1nccn1CCCn1c(NC(=O)c2ccc(Cl)cc2)nc2cc(N(C)C(=O)C3CCCCC3)ccc21. The summed E-state index contributed by atoms with van der Waals surface area (Å²) < 4.78 is 4.14. The van der Waals surface area contributed by atoms with E-state index in [0.29, 0.717) is 23.1 Å². The highest BCUT2D eigenvalue weighted by Gasteiger charge is 2.25. The lowest BCUT2D eigenvalue weighted by Gasteiger charge is -2.26. The Kier molecular flexibility index (Phi) is 7.79. The van der Waals surface area contributed by atoms with Crippen molar-refractivity contribution in [2.24, 2.45) is 5.92 Å². The molecule has 0 radical (unpaired) electrons. The molecule has 0 aliphatic heterocycles. The molecule has 38 heavy (non-hydrogen) atoms. The van der Waals surface area contributed by atoms with Crippen LogP contribution in [0, 0.1) is 12.8 Å². The molecule has 9 heteroatoms. The van der Waals surface area contributed by atoms with Crippen molar-refractivity contribution < 1.29 is 9.59 Å². The van der Waals surface area contributed by atoms with Crippen LogP contribution in [0.15, 0.2) is 54.9 Å². The van der Waals surface area contributed by atoms with Gasteiger partial charge in [-0.3, -0.25) is 14.9 Å². The summed E-state index contributed by atoms with van der Waals surface area (Å²) in [4.78, 5) is 37.0. The van der Waals surface area contributed by atoms with E-state index in [1.165, 1.54) is 6.42 Å². The van der Waals surface area contributed by atoms with Crippen LogP contribution in [0.3, 0.4) is 0 Å². The number of hydrogen-bond donors (Lipinski definition) is 1. The van der Waals surface area contributed by atoms with Crippen molar-refractivity contribution >= 4 is 46.1 Å². The van der Waals surface area contributed by atoms with Crippen molar-refractivity contribution in [2.45, 2.75) is 58.5 Å². The van der Waals surface area contributed by atoms with Gasteiger partial charge in [-0.1, -0.05) is 30.9 Å². The zero-order valence-corrected chi connectivity index (χ0v) is 22.6. The summed E-state index contributed by atoms with van der Waals surface area (Å²) in [5.41, 5.74) is 2.94. The van der Waals surface area contributed by atoms with Crippen molar-refractivity contribution in [3.8, 4) is 0 Å². The fraction of sp³-hybridized carbons (Fsp3) is 0.379. The summed E-state index contributed by atoms with van der Waals surface area (Å²) in [6.45, 7) is 3.43. The van der Waals surface area contributed by atoms with Crippen molar-refractivity contribution in [3.05, 3.63) is 71.3 Å². The minimum absolute atomic E-state index is 0.0860. The molecule has 2 amide bonds. The molecule has 2 aromatic heterocycles. The number of nitrogens with one attached hydrogen (secondary N) is 1. The average Bonchev–Trinajstić information content (AvgIpc) is 3.50. The summed E-state index contributed by atoms with van der Waals surface area (Å²) in [7, 11) is 1.84. The Morgan fingerprint density at radius 3 is 2.55 bits per heavy atom. The van der Waals surface area contributed by atoms with E-state index in [1.807, 2.05) is 42.9 Å². The highest BCUT2D eigenvalue weighted by molar-refractivity contribution is 6.30. The minimum Gasteiger partial charge on any atom is -0.335 e. The Bertz CT molecular complexity index is 1440. The van der Waals surface area contributed by atoms with Gasteiger partial charge in [-0.15, -0.1) is 0 Å². The van der Waals surface area contributed by atoms with Gasteiger partial charge in [0.25, 0.3) is 5.91 Å². The molecule has 0 bridgehead atoms. The first kappa shape index (κ1) is 26.0. The molecule has 2 heterocycles. The predicted octanol–water partition coefficient (Wildman–Crippen LogP) is 6.08. The summed E-state index contributed by atoms with van der Waals surface area (Å²) in [6, 6.07) is 12.7. The van der Waals surface area contributed by atoms with Crippen molar-refractivity contribution in [2.75, 3.05) is 17.3 Å². The minimum atomic E-state index is -0.256. The largest absolute Gasteiger partial charge is 0.335 e. The van der Waals surface area contributed by atoms with Gasteiger partial charge in [0.2, 0.25) is 11.9 Å². The molecule has 1 aliphatic carbocycles. The molecule has 1 aliphatic rings. The normalized spacial score (nSPS) is 14.1. The summed E-state index contributed by atoms with van der Waals surface area (Å²) in [5, 5.41) is 3.56. The van der Waals surface area contributed by atoms with E-state index in [-0.39, 0.29) is 17.7 Å². The highest BCUT2D eigenvalue weighted by Crippen LogP contribution is 2.30. The summed E-state index contributed by atoms with van der Waals surface area (Å²) in [5.74, 6) is 1.43. The van der Waals surface area contributed by atoms with Crippen LogP contribution in [0.25, 0.3) is 11.0 Å². The van der Waals surface area contributed by atoms with E-state index >= 15 is 0 Å². The lowest BCUT2D eigenvalue weighted by atomic mass is 9.88. The zero-order valence-electron chi connectivity index (χ0n) is 21.9. The van der Waals surface area contributed by atoms with Crippen molar-refractivity contribution in [3.63, 3.8) is 0 Å². The van der Waals surface area contributed by atoms with E-state index in [0.717, 1.165) is 61.2 Å². The van der Waals surface area contributed by atoms with Gasteiger partial charge >= 0.3 is 0 Å². The Labute approximate surface area is 227 Å². The van der Waals surface area contributed by atoms with E-state index < -0.39 is 0 Å². The molecule has 8 nitrogen and oxygen atoms in total. The van der Waals surface area contributed by atoms with E-state index in [9.17, 15) is 9.59 Å². The zero-order chi connectivity index (χ0) is 26.6. The second-order valence-corrected chi connectivity index (χ2v) is 10.4. The van der Waals surface area contributed by atoms with E-state index in [1.54, 1.807) is 35.4 Å². The molecule has 0 saturated heterocycles. The Balaban J connectivity index is 1.42. The molecule has 5 rings (SSSR count). The Morgan fingerprint density at radius 1 is 1.08 bits per heavy atom. The van der Waals surface area contributed by atoms with Gasteiger partial charge in [0.15, 0.2) is 0 Å². The number of carbonyl (C=O) groups excluding carboxylic acids is 2. The van der Waals surface area contributed by atoms with Gasteiger partial charge in [-0.05, 0) is 68.7 Å². The lowest BCUT2D eigenvalue weighted by molar-refractivity contribution is -0.123. The van der Waals surface area contributed by atoms with E-state index in [4.69, 9.17) is 16.6 Å². The second-order valence-electron chi connectivity index (χ2n) is 9.97. The lowest BCUT2D eigenvalue weighted by Crippen LogP contribution is -2.33. The van der Waals surface area contributed by atoms with Crippen LogP contribution in [0.2, 0.25) is 5.02 Å². The number of benzene rings is 2. The molecular weight excluding hydrogens is 500 g/mol. The smallest absolute Gasteiger partial charge is 0.257 e. The molecular formula is C29H33ClN6O2. The topological polar surface area (TPSA) is 85.1 Å². The van der Waals surface area contributed by atoms with Crippen LogP contribution in [-0.2, 0) is 17.9 Å². The van der Waals surface area contributed by atoms with Gasteiger partial charge < -0.3 is 14.0 Å². The highest BCUT2D eigenvalue weighted by atomic mass is 35.5. The third kappa shape index (κ3) is 5.60. The maximum absolute atomic E-state index is 13.1.